The van der Waals surface area contributed by atoms with Crippen molar-refractivity contribution in [2.75, 3.05) is 13.1 Å². The summed E-state index contributed by atoms with van der Waals surface area (Å²) >= 11 is 0. The van der Waals surface area contributed by atoms with E-state index in [1.54, 1.807) is 0 Å². The minimum absolute atomic E-state index is 0.173. The molecule has 25 heavy (non-hydrogen) atoms. The molecule has 0 spiro atoms. The molecule has 0 amide bonds. The molecule has 0 radical (unpaired) electrons. The zero-order valence-corrected chi connectivity index (χ0v) is 14.5. The van der Waals surface area contributed by atoms with Gasteiger partial charge in [0.15, 0.2) is 5.82 Å². The molecule has 1 aromatic carbocycles. The Balaban J connectivity index is 1.52. The molecule has 0 bridgehead atoms. The maximum Gasteiger partial charge on any atom is 0.240 e. The van der Waals surface area contributed by atoms with E-state index in [4.69, 9.17) is 9.05 Å². The van der Waals surface area contributed by atoms with Crippen molar-refractivity contribution < 1.29 is 9.05 Å². The number of nitrogens with zero attached hydrogens (tertiary/aromatic N) is 5. The Bertz CT molecular complexity index is 844. The summed E-state index contributed by atoms with van der Waals surface area (Å²) in [4.78, 5) is 11.3. The van der Waals surface area contributed by atoms with Crippen LogP contribution in [0.4, 0.5) is 0 Å². The van der Waals surface area contributed by atoms with Gasteiger partial charge in [-0.05, 0) is 33.2 Å². The Kier molecular flexibility index (Phi) is 4.09. The van der Waals surface area contributed by atoms with Gasteiger partial charge in [0.2, 0.25) is 17.6 Å². The number of hydrogen-bond donors (Lipinski definition) is 0. The molecule has 0 aliphatic carbocycles. The van der Waals surface area contributed by atoms with Crippen molar-refractivity contribution in [2.24, 2.45) is 0 Å². The molecule has 2 aromatic heterocycles. The molecule has 0 unspecified atom stereocenters. The third-order valence-electron chi connectivity index (χ3n) is 4.68. The first-order chi connectivity index (χ1) is 12.1. The third kappa shape index (κ3) is 3.32. The van der Waals surface area contributed by atoms with Gasteiger partial charge >= 0.3 is 0 Å². The van der Waals surface area contributed by atoms with Crippen LogP contribution in [-0.4, -0.2) is 38.3 Å². The largest absolute Gasteiger partial charge is 0.338 e. The molecule has 1 fully saturated rings. The van der Waals surface area contributed by atoms with Crippen LogP contribution >= 0.6 is 0 Å². The monoisotopic (exact) mass is 339 g/mol. The minimum atomic E-state index is -0.173. The highest BCUT2D eigenvalue weighted by Gasteiger charge is 2.38. The Hall–Kier alpha value is -2.54. The van der Waals surface area contributed by atoms with E-state index < -0.39 is 0 Å². The third-order valence-corrected chi connectivity index (χ3v) is 4.68. The summed E-state index contributed by atoms with van der Waals surface area (Å²) in [6.07, 6.45) is 2.08. The maximum absolute atomic E-state index is 5.63. The number of aryl methyl sites for hydroxylation is 1. The standard InChI is InChI=1S/C18H21N5O2/c1-13-19-15(24-21-13)11-23-10-6-9-18(2,12-23)17-20-16(22-25-17)14-7-4-3-5-8-14/h3-5,7-8H,6,9-12H2,1-2H3/t18-/m1/s1. The lowest BCUT2D eigenvalue weighted by molar-refractivity contribution is 0.113. The van der Waals surface area contributed by atoms with Gasteiger partial charge in [0, 0.05) is 12.1 Å². The molecule has 3 aromatic rings. The van der Waals surface area contributed by atoms with Crippen LogP contribution in [0.2, 0.25) is 0 Å². The molecule has 7 heteroatoms. The van der Waals surface area contributed by atoms with Crippen molar-refractivity contribution in [1.29, 1.82) is 0 Å². The van der Waals surface area contributed by atoms with Crippen LogP contribution in [0.25, 0.3) is 11.4 Å². The van der Waals surface area contributed by atoms with Crippen molar-refractivity contribution >= 4 is 0 Å². The van der Waals surface area contributed by atoms with Crippen molar-refractivity contribution in [3.05, 3.63) is 47.9 Å². The highest BCUT2D eigenvalue weighted by Crippen LogP contribution is 2.34. The van der Waals surface area contributed by atoms with Crippen molar-refractivity contribution in [3.63, 3.8) is 0 Å². The fourth-order valence-electron chi connectivity index (χ4n) is 3.42. The Morgan fingerprint density at radius 3 is 2.72 bits per heavy atom. The van der Waals surface area contributed by atoms with Gasteiger partial charge in [0.05, 0.1) is 12.0 Å². The van der Waals surface area contributed by atoms with Gasteiger partial charge < -0.3 is 9.05 Å². The van der Waals surface area contributed by atoms with E-state index in [1.165, 1.54) is 0 Å². The quantitative estimate of drug-likeness (QED) is 0.722. The average molecular weight is 339 g/mol. The summed E-state index contributed by atoms with van der Waals surface area (Å²) in [5, 5.41) is 8.03. The predicted molar refractivity (Wildman–Crippen MR) is 90.6 cm³/mol. The Labute approximate surface area is 146 Å². The molecule has 3 heterocycles. The number of benzene rings is 1. The van der Waals surface area contributed by atoms with Crippen molar-refractivity contribution in [3.8, 4) is 11.4 Å². The van der Waals surface area contributed by atoms with E-state index >= 15 is 0 Å². The number of aromatic nitrogens is 4. The smallest absolute Gasteiger partial charge is 0.240 e. The van der Waals surface area contributed by atoms with Gasteiger partial charge in [-0.25, -0.2) is 0 Å². The molecular formula is C18H21N5O2. The van der Waals surface area contributed by atoms with Crippen molar-refractivity contribution in [1.82, 2.24) is 25.2 Å². The fourth-order valence-corrected chi connectivity index (χ4v) is 3.42. The second-order valence-electron chi connectivity index (χ2n) is 6.90. The lowest BCUT2D eigenvalue weighted by Crippen LogP contribution is -2.44. The molecular weight excluding hydrogens is 318 g/mol. The second kappa shape index (κ2) is 6.40. The summed E-state index contributed by atoms with van der Waals surface area (Å²) in [7, 11) is 0. The van der Waals surface area contributed by atoms with E-state index in [1.807, 2.05) is 37.3 Å². The number of hydrogen-bond acceptors (Lipinski definition) is 7. The van der Waals surface area contributed by atoms with Gasteiger partial charge in [0.1, 0.15) is 0 Å². The second-order valence-corrected chi connectivity index (χ2v) is 6.90. The van der Waals surface area contributed by atoms with E-state index in [-0.39, 0.29) is 5.41 Å². The van der Waals surface area contributed by atoms with E-state index in [0.29, 0.717) is 30.0 Å². The van der Waals surface area contributed by atoms with Gasteiger partial charge in [0.25, 0.3) is 0 Å². The first kappa shape index (κ1) is 16.0. The van der Waals surface area contributed by atoms with Gasteiger partial charge in [-0.15, -0.1) is 0 Å². The first-order valence-electron chi connectivity index (χ1n) is 8.54. The Morgan fingerprint density at radius 1 is 1.12 bits per heavy atom. The van der Waals surface area contributed by atoms with Crippen LogP contribution in [0.5, 0.6) is 0 Å². The molecule has 1 saturated heterocycles. The molecule has 0 N–H and O–H groups in total. The Morgan fingerprint density at radius 2 is 1.96 bits per heavy atom. The van der Waals surface area contributed by atoms with Crippen LogP contribution in [0.15, 0.2) is 39.4 Å². The number of piperidine rings is 1. The van der Waals surface area contributed by atoms with Gasteiger partial charge in [-0.1, -0.05) is 40.6 Å². The molecule has 7 nitrogen and oxygen atoms in total. The lowest BCUT2D eigenvalue weighted by atomic mass is 9.81. The highest BCUT2D eigenvalue weighted by molar-refractivity contribution is 5.53. The minimum Gasteiger partial charge on any atom is -0.338 e. The summed E-state index contributed by atoms with van der Waals surface area (Å²) in [6, 6.07) is 9.90. The van der Waals surface area contributed by atoms with Crippen LogP contribution in [0.1, 0.15) is 37.4 Å². The van der Waals surface area contributed by atoms with Crippen LogP contribution in [-0.2, 0) is 12.0 Å². The first-order valence-corrected chi connectivity index (χ1v) is 8.54. The molecule has 130 valence electrons. The van der Waals surface area contributed by atoms with E-state index in [0.717, 1.165) is 31.5 Å². The predicted octanol–water partition coefficient (Wildman–Crippen LogP) is 2.98. The summed E-state index contributed by atoms with van der Waals surface area (Å²) in [6.45, 7) is 6.48. The molecule has 0 saturated carbocycles. The number of rotatable bonds is 4. The number of likely N-dealkylation sites (tertiary alicyclic amines) is 1. The average Bonchev–Trinajstić information content (AvgIpc) is 3.26. The normalized spacial score (nSPS) is 21.5. The maximum atomic E-state index is 5.63. The van der Waals surface area contributed by atoms with E-state index in [9.17, 15) is 0 Å². The zero-order chi connectivity index (χ0) is 17.3. The SMILES string of the molecule is Cc1noc(CN2CCC[C@@](C)(c3nc(-c4ccccc4)no3)C2)n1. The fraction of sp³-hybridized carbons (Fsp3) is 0.444. The summed E-state index contributed by atoms with van der Waals surface area (Å²) in [5.41, 5.74) is 0.794. The molecule has 1 atom stereocenters. The molecule has 4 rings (SSSR count). The van der Waals surface area contributed by atoms with Crippen molar-refractivity contribution in [2.45, 2.75) is 38.6 Å². The lowest BCUT2D eigenvalue weighted by Gasteiger charge is -2.37. The zero-order valence-electron chi connectivity index (χ0n) is 14.5. The van der Waals surface area contributed by atoms with Crippen LogP contribution in [0, 0.1) is 6.92 Å². The van der Waals surface area contributed by atoms with Crippen LogP contribution < -0.4 is 0 Å². The van der Waals surface area contributed by atoms with Gasteiger partial charge in [-0.2, -0.15) is 9.97 Å². The highest BCUT2D eigenvalue weighted by atomic mass is 16.5. The topological polar surface area (TPSA) is 81.1 Å². The summed E-state index contributed by atoms with van der Waals surface area (Å²) < 4.78 is 10.9. The molecule has 1 aliphatic heterocycles. The van der Waals surface area contributed by atoms with Gasteiger partial charge in [-0.3, -0.25) is 4.90 Å². The molecule has 1 aliphatic rings. The van der Waals surface area contributed by atoms with Crippen LogP contribution in [0.3, 0.4) is 0 Å². The summed E-state index contributed by atoms with van der Waals surface area (Å²) in [5.74, 6) is 2.65. The van der Waals surface area contributed by atoms with E-state index in [2.05, 4.69) is 32.1 Å².